The molecule has 1 atom stereocenters. The number of sulfone groups is 1. The van der Waals surface area contributed by atoms with Gasteiger partial charge in [-0.3, -0.25) is 0 Å². The van der Waals surface area contributed by atoms with Crippen LogP contribution in [0.2, 0.25) is 0 Å². The standard InChI is InChI=1S/C16H14BrNO5S/c1-24(19,20)16-3-2-12(9-18-16)22-14-6-11(17)7-15(8-14)23-13-4-5-21-10-13/h2-9,13H,10H2,1H3. The van der Waals surface area contributed by atoms with Gasteiger partial charge in [-0.25, -0.2) is 13.4 Å². The summed E-state index contributed by atoms with van der Waals surface area (Å²) in [6.45, 7) is 0.472. The highest BCUT2D eigenvalue weighted by Crippen LogP contribution is 2.30. The van der Waals surface area contributed by atoms with Gasteiger partial charge in [-0.15, -0.1) is 0 Å². The first-order valence-electron chi connectivity index (χ1n) is 7.00. The SMILES string of the molecule is CS(=O)(=O)c1ccc(Oc2cc(Br)cc(OC3C=COC3)c2)cn1. The first-order valence-corrected chi connectivity index (χ1v) is 9.68. The van der Waals surface area contributed by atoms with Gasteiger partial charge in [0, 0.05) is 16.8 Å². The molecule has 24 heavy (non-hydrogen) atoms. The van der Waals surface area contributed by atoms with Crippen LogP contribution < -0.4 is 9.47 Å². The van der Waals surface area contributed by atoms with Gasteiger partial charge in [0.05, 0.1) is 12.5 Å². The highest BCUT2D eigenvalue weighted by atomic mass is 79.9. The zero-order chi connectivity index (χ0) is 17.2. The van der Waals surface area contributed by atoms with E-state index in [1.165, 1.54) is 12.3 Å². The zero-order valence-corrected chi connectivity index (χ0v) is 15.1. The number of halogens is 1. The maximum Gasteiger partial charge on any atom is 0.192 e. The molecule has 0 amide bonds. The molecule has 3 rings (SSSR count). The van der Waals surface area contributed by atoms with E-state index >= 15 is 0 Å². The second-order valence-electron chi connectivity index (χ2n) is 5.15. The van der Waals surface area contributed by atoms with Crippen molar-refractivity contribution >= 4 is 25.8 Å². The average Bonchev–Trinajstić information content (AvgIpc) is 2.99. The molecule has 1 aromatic carbocycles. The van der Waals surface area contributed by atoms with Gasteiger partial charge in [-0.1, -0.05) is 15.9 Å². The minimum atomic E-state index is -3.33. The van der Waals surface area contributed by atoms with Crippen LogP contribution in [0.4, 0.5) is 0 Å². The Morgan fingerprint density at radius 3 is 2.62 bits per heavy atom. The summed E-state index contributed by atoms with van der Waals surface area (Å²) in [4.78, 5) is 3.89. The number of rotatable bonds is 5. The maximum atomic E-state index is 11.4. The summed E-state index contributed by atoms with van der Waals surface area (Å²) in [5.74, 6) is 1.59. The number of benzene rings is 1. The largest absolute Gasteiger partial charge is 0.497 e. The van der Waals surface area contributed by atoms with E-state index in [2.05, 4.69) is 20.9 Å². The van der Waals surface area contributed by atoms with Crippen LogP contribution in [0.1, 0.15) is 0 Å². The Morgan fingerprint density at radius 1 is 1.21 bits per heavy atom. The van der Waals surface area contributed by atoms with E-state index in [4.69, 9.17) is 14.2 Å². The highest BCUT2D eigenvalue weighted by molar-refractivity contribution is 9.10. The van der Waals surface area contributed by atoms with Crippen molar-refractivity contribution in [3.05, 3.63) is 53.3 Å². The summed E-state index contributed by atoms with van der Waals surface area (Å²) in [5, 5.41) is 0.00105. The van der Waals surface area contributed by atoms with Gasteiger partial charge in [0.15, 0.2) is 21.0 Å². The van der Waals surface area contributed by atoms with Crippen LogP contribution in [0.5, 0.6) is 17.2 Å². The van der Waals surface area contributed by atoms with Crippen LogP contribution in [0.3, 0.4) is 0 Å². The third-order valence-electron chi connectivity index (χ3n) is 3.11. The first kappa shape index (κ1) is 16.8. The monoisotopic (exact) mass is 411 g/mol. The summed E-state index contributed by atoms with van der Waals surface area (Å²) < 4.78 is 40.2. The molecule has 1 unspecified atom stereocenters. The molecule has 0 saturated carbocycles. The molecule has 0 spiro atoms. The van der Waals surface area contributed by atoms with Crippen molar-refractivity contribution in [3.8, 4) is 17.2 Å². The van der Waals surface area contributed by atoms with Gasteiger partial charge in [-0.05, 0) is 30.3 Å². The van der Waals surface area contributed by atoms with E-state index in [1.54, 1.807) is 24.5 Å². The Hall–Kier alpha value is -2.06. The molecule has 0 N–H and O–H groups in total. The number of pyridine rings is 1. The van der Waals surface area contributed by atoms with E-state index in [-0.39, 0.29) is 11.1 Å². The van der Waals surface area contributed by atoms with Crippen molar-refractivity contribution in [1.82, 2.24) is 4.98 Å². The van der Waals surface area contributed by atoms with Crippen LogP contribution in [-0.4, -0.2) is 32.4 Å². The number of nitrogens with zero attached hydrogens (tertiary/aromatic N) is 1. The average molecular weight is 412 g/mol. The Bertz CT molecular complexity index is 865. The topological polar surface area (TPSA) is 74.7 Å². The lowest BCUT2D eigenvalue weighted by molar-refractivity contribution is 0.164. The van der Waals surface area contributed by atoms with E-state index in [9.17, 15) is 8.42 Å². The van der Waals surface area contributed by atoms with Crippen LogP contribution in [0, 0.1) is 0 Å². The van der Waals surface area contributed by atoms with Gasteiger partial charge in [0.2, 0.25) is 0 Å². The second-order valence-corrected chi connectivity index (χ2v) is 8.03. The fourth-order valence-electron chi connectivity index (χ4n) is 2.04. The minimum Gasteiger partial charge on any atom is -0.497 e. The van der Waals surface area contributed by atoms with E-state index in [0.29, 0.717) is 23.9 Å². The normalized spacial score (nSPS) is 16.7. The van der Waals surface area contributed by atoms with Crippen molar-refractivity contribution < 1.29 is 22.6 Å². The van der Waals surface area contributed by atoms with Gasteiger partial charge in [-0.2, -0.15) is 0 Å². The Morgan fingerprint density at radius 2 is 2.00 bits per heavy atom. The lowest BCUT2D eigenvalue weighted by Gasteiger charge is -2.13. The van der Waals surface area contributed by atoms with Crippen molar-refractivity contribution in [2.45, 2.75) is 11.1 Å². The summed E-state index contributed by atoms with van der Waals surface area (Å²) in [6, 6.07) is 8.29. The van der Waals surface area contributed by atoms with E-state index < -0.39 is 9.84 Å². The van der Waals surface area contributed by atoms with Crippen molar-refractivity contribution in [1.29, 1.82) is 0 Å². The molecule has 1 aromatic heterocycles. The molecule has 0 fully saturated rings. The third kappa shape index (κ3) is 4.27. The fraction of sp³-hybridized carbons (Fsp3) is 0.188. The quantitative estimate of drug-likeness (QED) is 0.750. The van der Waals surface area contributed by atoms with Gasteiger partial charge in [0.25, 0.3) is 0 Å². The predicted octanol–water partition coefficient (Wildman–Crippen LogP) is 3.33. The molecule has 2 aromatic rings. The molecule has 126 valence electrons. The minimum absolute atomic E-state index is 0.00105. The summed E-state index contributed by atoms with van der Waals surface area (Å²) in [6.07, 6.45) is 5.77. The predicted molar refractivity (Wildman–Crippen MR) is 91.1 cm³/mol. The molecular formula is C16H14BrNO5S. The smallest absolute Gasteiger partial charge is 0.192 e. The summed E-state index contributed by atoms with van der Waals surface area (Å²) in [5.41, 5.74) is 0. The van der Waals surface area contributed by atoms with E-state index in [1.807, 2.05) is 12.1 Å². The molecule has 2 heterocycles. The molecule has 1 aliphatic heterocycles. The zero-order valence-electron chi connectivity index (χ0n) is 12.7. The molecule has 0 radical (unpaired) electrons. The number of hydrogen-bond donors (Lipinski definition) is 0. The summed E-state index contributed by atoms with van der Waals surface area (Å²) in [7, 11) is -3.33. The highest BCUT2D eigenvalue weighted by Gasteiger charge is 2.13. The molecule has 0 saturated heterocycles. The van der Waals surface area contributed by atoms with Gasteiger partial charge < -0.3 is 14.2 Å². The molecule has 1 aliphatic rings. The molecule has 8 heteroatoms. The van der Waals surface area contributed by atoms with Crippen molar-refractivity contribution in [2.24, 2.45) is 0 Å². The molecule has 0 aliphatic carbocycles. The Labute approximate surface area is 148 Å². The lowest BCUT2D eigenvalue weighted by atomic mass is 10.3. The maximum absolute atomic E-state index is 11.4. The number of hydrogen-bond acceptors (Lipinski definition) is 6. The lowest BCUT2D eigenvalue weighted by Crippen LogP contribution is -2.15. The third-order valence-corrected chi connectivity index (χ3v) is 4.57. The molecule has 6 nitrogen and oxygen atoms in total. The Balaban J connectivity index is 1.77. The Kier molecular flexibility index (Phi) is 4.77. The van der Waals surface area contributed by atoms with Crippen LogP contribution in [0.25, 0.3) is 0 Å². The molecular weight excluding hydrogens is 398 g/mol. The first-order chi connectivity index (χ1) is 11.4. The second kappa shape index (κ2) is 6.82. The molecule has 0 bridgehead atoms. The van der Waals surface area contributed by atoms with Crippen LogP contribution in [-0.2, 0) is 14.6 Å². The number of ether oxygens (including phenoxy) is 3. The van der Waals surface area contributed by atoms with Gasteiger partial charge in [0.1, 0.15) is 23.9 Å². The number of aromatic nitrogens is 1. The van der Waals surface area contributed by atoms with Crippen molar-refractivity contribution in [3.63, 3.8) is 0 Å². The van der Waals surface area contributed by atoms with Crippen LogP contribution >= 0.6 is 15.9 Å². The van der Waals surface area contributed by atoms with E-state index in [0.717, 1.165) is 10.7 Å². The van der Waals surface area contributed by atoms with Crippen LogP contribution in [0.15, 0.2) is 58.4 Å². The van der Waals surface area contributed by atoms with Gasteiger partial charge >= 0.3 is 0 Å². The fourth-order valence-corrected chi connectivity index (χ4v) is 3.05. The summed E-state index contributed by atoms with van der Waals surface area (Å²) >= 11 is 3.41. The van der Waals surface area contributed by atoms with Crippen molar-refractivity contribution in [2.75, 3.05) is 12.9 Å².